The van der Waals surface area contributed by atoms with Gasteiger partial charge in [0.25, 0.3) is 0 Å². The molecule has 0 atom stereocenters. The van der Waals surface area contributed by atoms with Gasteiger partial charge in [0.15, 0.2) is 0 Å². The van der Waals surface area contributed by atoms with E-state index in [4.69, 9.17) is 0 Å². The molecule has 1 rings (SSSR count). The highest BCUT2D eigenvalue weighted by Gasteiger charge is 2.01. The fraction of sp³-hybridized carbons (Fsp3) is 0.533. The van der Waals surface area contributed by atoms with Gasteiger partial charge in [0, 0.05) is 22.3 Å². The lowest BCUT2D eigenvalue weighted by Gasteiger charge is -2.06. The smallest absolute Gasteiger partial charge is 0.220 e. The van der Waals surface area contributed by atoms with Gasteiger partial charge in [-0.05, 0) is 66.7 Å². The number of hydrogen-bond donors (Lipinski definition) is 2. The Labute approximate surface area is 146 Å². The molecule has 3 nitrogen and oxygen atoms in total. The summed E-state index contributed by atoms with van der Waals surface area (Å²) in [4.78, 5) is 12.7. The molecule has 0 aromatic heterocycles. The molecule has 6 heteroatoms. The van der Waals surface area contributed by atoms with E-state index in [1.165, 1.54) is 4.90 Å². The van der Waals surface area contributed by atoms with Crippen molar-refractivity contribution in [1.29, 1.82) is 0 Å². The molecule has 0 bridgehead atoms. The maximum atomic E-state index is 11.5. The van der Waals surface area contributed by atoms with Crippen molar-refractivity contribution in [2.45, 2.75) is 30.6 Å². The first-order valence-corrected chi connectivity index (χ1v) is 8.80. The summed E-state index contributed by atoms with van der Waals surface area (Å²) in [5.41, 5.74) is 0. The van der Waals surface area contributed by atoms with Crippen LogP contribution in [0.2, 0.25) is 0 Å². The van der Waals surface area contributed by atoms with Gasteiger partial charge in [-0.2, -0.15) is 0 Å². The molecule has 0 aliphatic heterocycles. The van der Waals surface area contributed by atoms with Crippen LogP contribution in [0.5, 0.6) is 0 Å². The van der Waals surface area contributed by atoms with E-state index in [1.54, 1.807) is 0 Å². The molecule has 0 saturated carbocycles. The lowest BCUT2D eigenvalue weighted by molar-refractivity contribution is -0.121. The van der Waals surface area contributed by atoms with E-state index in [9.17, 15) is 4.79 Å². The molecule has 120 valence electrons. The second-order valence-electron chi connectivity index (χ2n) is 4.54. The summed E-state index contributed by atoms with van der Waals surface area (Å²) in [6.45, 7) is 1.69. The first-order valence-electron chi connectivity index (χ1n) is 7.02. The number of carbonyl (C=O) groups excluding carboxylic acids is 1. The molecule has 1 aromatic carbocycles. The van der Waals surface area contributed by atoms with Crippen molar-refractivity contribution in [1.82, 2.24) is 10.6 Å². The highest BCUT2D eigenvalue weighted by Crippen LogP contribution is 2.27. The van der Waals surface area contributed by atoms with Crippen LogP contribution >= 0.6 is 40.1 Å². The van der Waals surface area contributed by atoms with Crippen LogP contribution in [0.15, 0.2) is 33.6 Å². The van der Waals surface area contributed by atoms with Crippen LogP contribution in [0.3, 0.4) is 0 Å². The van der Waals surface area contributed by atoms with Gasteiger partial charge in [-0.1, -0.05) is 12.1 Å². The standard InChI is InChI=1S/C15H23BrN2OS.ClH/c1-17-10-6-9-15(19)18-11-4-5-12-20-14-8-3-2-7-13(14)16;/h2-3,7-8,17H,4-6,9-12H2,1H3,(H,18,19);1H. The third-order valence-electron chi connectivity index (χ3n) is 2.82. The summed E-state index contributed by atoms with van der Waals surface area (Å²) >= 11 is 5.40. The Balaban J connectivity index is 0.00000400. The number of carbonyl (C=O) groups is 1. The third kappa shape index (κ3) is 10.2. The molecule has 1 amide bonds. The van der Waals surface area contributed by atoms with Gasteiger partial charge in [0.1, 0.15) is 0 Å². The van der Waals surface area contributed by atoms with Crippen molar-refractivity contribution in [3.63, 3.8) is 0 Å². The Morgan fingerprint density at radius 3 is 2.67 bits per heavy atom. The minimum atomic E-state index is 0. The van der Waals surface area contributed by atoms with E-state index in [1.807, 2.05) is 24.9 Å². The highest BCUT2D eigenvalue weighted by molar-refractivity contribution is 9.10. The largest absolute Gasteiger partial charge is 0.356 e. The van der Waals surface area contributed by atoms with Crippen LogP contribution in [0.1, 0.15) is 25.7 Å². The molecule has 2 N–H and O–H groups in total. The number of halogens is 2. The molecular formula is C15H24BrClN2OS. The van der Waals surface area contributed by atoms with Crippen LogP contribution in [0.4, 0.5) is 0 Å². The van der Waals surface area contributed by atoms with E-state index in [-0.39, 0.29) is 18.3 Å². The monoisotopic (exact) mass is 394 g/mol. The summed E-state index contributed by atoms with van der Waals surface area (Å²) in [7, 11) is 1.90. The van der Waals surface area contributed by atoms with Crippen LogP contribution in [0, 0.1) is 0 Å². The van der Waals surface area contributed by atoms with Gasteiger partial charge in [0.2, 0.25) is 5.91 Å². The van der Waals surface area contributed by atoms with E-state index in [0.717, 1.165) is 42.6 Å². The van der Waals surface area contributed by atoms with Gasteiger partial charge in [0.05, 0.1) is 0 Å². The average Bonchev–Trinajstić information content (AvgIpc) is 2.45. The van der Waals surface area contributed by atoms with Gasteiger partial charge in [-0.3, -0.25) is 4.79 Å². The lowest BCUT2D eigenvalue weighted by Crippen LogP contribution is -2.25. The van der Waals surface area contributed by atoms with Gasteiger partial charge in [-0.15, -0.1) is 24.2 Å². The normalized spacial score (nSPS) is 10.0. The molecule has 0 unspecified atom stereocenters. The maximum Gasteiger partial charge on any atom is 0.220 e. The van der Waals surface area contributed by atoms with Crippen molar-refractivity contribution in [2.75, 3.05) is 25.9 Å². The first kappa shape index (κ1) is 20.8. The van der Waals surface area contributed by atoms with Crippen molar-refractivity contribution in [2.24, 2.45) is 0 Å². The molecule has 0 aliphatic rings. The van der Waals surface area contributed by atoms with Crippen LogP contribution in [0.25, 0.3) is 0 Å². The number of thioether (sulfide) groups is 1. The number of rotatable bonds is 10. The number of hydrogen-bond acceptors (Lipinski definition) is 3. The zero-order valence-corrected chi connectivity index (χ0v) is 15.6. The number of amides is 1. The molecule has 0 spiro atoms. The molecule has 0 heterocycles. The summed E-state index contributed by atoms with van der Waals surface area (Å²) < 4.78 is 1.16. The average molecular weight is 396 g/mol. The molecule has 0 aliphatic carbocycles. The van der Waals surface area contributed by atoms with Crippen molar-refractivity contribution >= 4 is 46.0 Å². The van der Waals surface area contributed by atoms with E-state index >= 15 is 0 Å². The SMILES string of the molecule is CNCCCC(=O)NCCCCSc1ccccc1Br.Cl. The maximum absolute atomic E-state index is 11.5. The van der Waals surface area contributed by atoms with Crippen molar-refractivity contribution in [3.8, 4) is 0 Å². The second-order valence-corrected chi connectivity index (χ2v) is 6.53. The molecule has 0 saturated heterocycles. The molecule has 21 heavy (non-hydrogen) atoms. The number of unbranched alkanes of at least 4 members (excludes halogenated alkanes) is 1. The zero-order valence-electron chi connectivity index (χ0n) is 12.4. The zero-order chi connectivity index (χ0) is 14.6. The van der Waals surface area contributed by atoms with Gasteiger partial charge in [-0.25, -0.2) is 0 Å². The first-order chi connectivity index (χ1) is 9.74. The third-order valence-corrected chi connectivity index (χ3v) is 4.93. The van der Waals surface area contributed by atoms with Crippen LogP contribution in [-0.2, 0) is 4.79 Å². The lowest BCUT2D eigenvalue weighted by atomic mass is 10.3. The molecule has 0 radical (unpaired) electrons. The van der Waals surface area contributed by atoms with Gasteiger partial charge < -0.3 is 10.6 Å². The summed E-state index contributed by atoms with van der Waals surface area (Å²) in [5, 5.41) is 6.01. The summed E-state index contributed by atoms with van der Waals surface area (Å²) in [5.74, 6) is 1.25. The van der Waals surface area contributed by atoms with E-state index < -0.39 is 0 Å². The second kappa shape index (κ2) is 13.4. The van der Waals surface area contributed by atoms with Crippen molar-refractivity contribution in [3.05, 3.63) is 28.7 Å². The van der Waals surface area contributed by atoms with Gasteiger partial charge >= 0.3 is 0 Å². The predicted molar refractivity (Wildman–Crippen MR) is 97.5 cm³/mol. The quantitative estimate of drug-likeness (QED) is 0.467. The summed E-state index contributed by atoms with van der Waals surface area (Å²) in [6, 6.07) is 8.27. The van der Waals surface area contributed by atoms with Crippen molar-refractivity contribution < 1.29 is 4.79 Å². The van der Waals surface area contributed by atoms with Crippen LogP contribution < -0.4 is 10.6 Å². The van der Waals surface area contributed by atoms with E-state index in [2.05, 4.69) is 44.8 Å². The molecule has 1 aromatic rings. The fourth-order valence-corrected chi connectivity index (χ4v) is 3.29. The molecular weight excluding hydrogens is 372 g/mol. The molecule has 0 fully saturated rings. The Morgan fingerprint density at radius 2 is 1.95 bits per heavy atom. The fourth-order valence-electron chi connectivity index (χ4n) is 1.71. The topological polar surface area (TPSA) is 41.1 Å². The summed E-state index contributed by atoms with van der Waals surface area (Å²) in [6.07, 6.45) is 3.67. The minimum absolute atomic E-state index is 0. The number of benzene rings is 1. The number of nitrogens with one attached hydrogen (secondary N) is 2. The Morgan fingerprint density at radius 1 is 1.19 bits per heavy atom. The van der Waals surface area contributed by atoms with Crippen LogP contribution in [-0.4, -0.2) is 31.8 Å². The Hall–Kier alpha value is -0.230. The Bertz CT molecular complexity index is 407. The van der Waals surface area contributed by atoms with E-state index in [0.29, 0.717) is 6.42 Å². The Kier molecular flexibility index (Phi) is 13.3. The predicted octanol–water partition coefficient (Wildman–Crippen LogP) is 3.86. The minimum Gasteiger partial charge on any atom is -0.356 e. The highest BCUT2D eigenvalue weighted by atomic mass is 79.9.